The average Bonchev–Trinajstić information content (AvgIpc) is 3.13. The first-order chi connectivity index (χ1) is 15.9. The molecule has 164 valence electrons. The second-order valence-electron chi connectivity index (χ2n) is 7.42. The van der Waals surface area contributed by atoms with Crippen LogP contribution in [0.1, 0.15) is 22.7 Å². The van der Waals surface area contributed by atoms with Gasteiger partial charge in [-0.3, -0.25) is 9.36 Å². The number of nitrogens with zero attached hydrogens (tertiary/aromatic N) is 2. The van der Waals surface area contributed by atoms with Crippen molar-refractivity contribution in [2.75, 3.05) is 0 Å². The van der Waals surface area contributed by atoms with E-state index in [1.54, 1.807) is 16.7 Å². The third-order valence-electron chi connectivity index (χ3n) is 5.27. The molecule has 0 fully saturated rings. The third-order valence-corrected chi connectivity index (χ3v) is 7.79. The Morgan fingerprint density at radius 1 is 1.12 bits per heavy atom. The van der Waals surface area contributed by atoms with Crippen LogP contribution in [-0.2, 0) is 0 Å². The smallest absolute Gasteiger partial charge is 0.271 e. The number of rotatable bonds is 3. The van der Waals surface area contributed by atoms with E-state index >= 15 is 0 Å². The van der Waals surface area contributed by atoms with Gasteiger partial charge in [0.2, 0.25) is 0 Å². The maximum absolute atomic E-state index is 13.5. The van der Waals surface area contributed by atoms with Crippen LogP contribution < -0.4 is 14.9 Å². The molecule has 1 unspecified atom stereocenters. The summed E-state index contributed by atoms with van der Waals surface area (Å²) in [7, 11) is 0. The number of aromatic hydroxyl groups is 1. The van der Waals surface area contributed by atoms with E-state index in [0.717, 1.165) is 21.3 Å². The normalized spacial score (nSPS) is 15.7. The molecule has 1 N–H and O–H groups in total. The molecule has 1 aliphatic rings. The lowest BCUT2D eigenvalue weighted by molar-refractivity contribution is 0.470. The van der Waals surface area contributed by atoms with Crippen molar-refractivity contribution in [1.82, 2.24) is 4.57 Å². The predicted octanol–water partition coefficient (Wildman–Crippen LogP) is 5.73. The zero-order chi connectivity index (χ0) is 23.1. The number of phenols is 1. The van der Waals surface area contributed by atoms with Gasteiger partial charge < -0.3 is 5.11 Å². The van der Waals surface area contributed by atoms with Crippen molar-refractivity contribution >= 4 is 73.2 Å². The summed E-state index contributed by atoms with van der Waals surface area (Å²) < 4.78 is 3.73. The van der Waals surface area contributed by atoms with E-state index in [0.29, 0.717) is 23.5 Å². The first-order valence-corrected chi connectivity index (χ1v) is 13.0. The van der Waals surface area contributed by atoms with Crippen molar-refractivity contribution in [3.63, 3.8) is 0 Å². The molecule has 0 bridgehead atoms. The highest BCUT2D eigenvalue weighted by atomic mass is 127. The van der Waals surface area contributed by atoms with Crippen molar-refractivity contribution in [1.29, 1.82) is 0 Å². The van der Waals surface area contributed by atoms with Gasteiger partial charge in [-0.1, -0.05) is 81.3 Å². The van der Waals surface area contributed by atoms with E-state index in [9.17, 15) is 9.90 Å². The number of phenolic OH excluding ortho intramolecular Hbond substituents is 1. The average molecular weight is 650 g/mol. The topological polar surface area (TPSA) is 54.6 Å². The van der Waals surface area contributed by atoms with Gasteiger partial charge in [0.25, 0.3) is 5.56 Å². The summed E-state index contributed by atoms with van der Waals surface area (Å²) in [5.41, 5.74) is 3.15. The Labute approximate surface area is 220 Å². The van der Waals surface area contributed by atoms with Gasteiger partial charge in [0, 0.05) is 15.1 Å². The first-order valence-electron chi connectivity index (χ1n) is 9.93. The molecule has 0 amide bonds. The summed E-state index contributed by atoms with van der Waals surface area (Å²) in [4.78, 5) is 18.9. The highest BCUT2D eigenvalue weighted by molar-refractivity contribution is 14.1. The molecule has 3 aromatic carbocycles. The van der Waals surface area contributed by atoms with Gasteiger partial charge in [-0.2, -0.15) is 0 Å². The molecule has 8 heteroatoms. The molecule has 33 heavy (non-hydrogen) atoms. The Bertz CT molecular complexity index is 1580. The Morgan fingerprint density at radius 3 is 2.58 bits per heavy atom. The van der Waals surface area contributed by atoms with E-state index in [4.69, 9.17) is 16.6 Å². The molecule has 1 atom stereocenters. The highest BCUT2D eigenvalue weighted by Crippen LogP contribution is 2.30. The van der Waals surface area contributed by atoms with Crippen LogP contribution in [0, 0.1) is 3.57 Å². The van der Waals surface area contributed by atoms with E-state index in [1.807, 2.05) is 66.7 Å². The van der Waals surface area contributed by atoms with Crippen LogP contribution >= 0.6 is 61.5 Å². The number of hydrogen-bond donors (Lipinski definition) is 1. The quantitative estimate of drug-likeness (QED) is 0.289. The van der Waals surface area contributed by atoms with Crippen molar-refractivity contribution in [3.05, 3.63) is 122 Å². The van der Waals surface area contributed by atoms with Gasteiger partial charge in [0.15, 0.2) is 4.80 Å². The van der Waals surface area contributed by atoms with Gasteiger partial charge in [0.1, 0.15) is 5.75 Å². The molecule has 1 aliphatic heterocycles. The van der Waals surface area contributed by atoms with Crippen molar-refractivity contribution in [3.8, 4) is 5.75 Å². The van der Waals surface area contributed by atoms with E-state index in [2.05, 4.69) is 38.5 Å². The number of thiazole rings is 1. The van der Waals surface area contributed by atoms with Gasteiger partial charge >= 0.3 is 0 Å². The number of halogens is 3. The van der Waals surface area contributed by atoms with Crippen molar-refractivity contribution < 1.29 is 5.11 Å². The van der Waals surface area contributed by atoms with Gasteiger partial charge in [0.05, 0.1) is 19.8 Å². The second-order valence-corrected chi connectivity index (χ2v) is 10.9. The Balaban J connectivity index is 1.75. The summed E-state index contributed by atoms with van der Waals surface area (Å²) in [6.07, 6.45) is 3.72. The molecule has 0 aliphatic carbocycles. The minimum Gasteiger partial charge on any atom is -0.506 e. The fourth-order valence-corrected chi connectivity index (χ4v) is 6.37. The Morgan fingerprint density at radius 2 is 1.85 bits per heavy atom. The predicted molar refractivity (Wildman–Crippen MR) is 145 cm³/mol. The summed E-state index contributed by atoms with van der Waals surface area (Å²) in [6.45, 7) is 0. The molecule has 5 rings (SSSR count). The maximum atomic E-state index is 13.5. The van der Waals surface area contributed by atoms with Crippen LogP contribution in [0.2, 0.25) is 5.02 Å². The summed E-state index contributed by atoms with van der Waals surface area (Å²) in [5.74, 6) is 0.142. The van der Waals surface area contributed by atoms with Crippen LogP contribution in [0.4, 0.5) is 0 Å². The molecule has 4 nitrogen and oxygen atoms in total. The zero-order valence-corrected chi connectivity index (χ0v) is 22.2. The number of hydrogen-bond acceptors (Lipinski definition) is 4. The lowest BCUT2D eigenvalue weighted by atomic mass is 10.0. The fraction of sp³-hybridized carbons (Fsp3) is 0.0400. The lowest BCUT2D eigenvalue weighted by Gasteiger charge is -2.19. The van der Waals surface area contributed by atoms with E-state index < -0.39 is 0 Å². The Hall–Kier alpha value is -2.20. The van der Waals surface area contributed by atoms with Crippen LogP contribution in [0.3, 0.4) is 0 Å². The standard InChI is InChI=1S/C25H15BrClIN2O2S/c26-17-10-16(23(31)19(28)12-17)11-22-24(32)30-21(15-6-8-18(27)9-7-15)13-20(29-25(30)33-22)14-4-2-1-3-5-14/h1-13,21,31H. The molecular formula is C25H15BrClIN2O2S. The maximum Gasteiger partial charge on any atom is 0.271 e. The molecule has 0 saturated carbocycles. The molecule has 0 spiro atoms. The molecular weight excluding hydrogens is 635 g/mol. The number of fused-ring (bicyclic) bond motifs is 1. The molecule has 0 radical (unpaired) electrons. The molecule has 1 aromatic heterocycles. The highest BCUT2D eigenvalue weighted by Gasteiger charge is 2.22. The van der Waals surface area contributed by atoms with Crippen LogP contribution in [0.5, 0.6) is 5.75 Å². The second kappa shape index (κ2) is 9.21. The minimum absolute atomic E-state index is 0.142. The third kappa shape index (κ3) is 4.47. The van der Waals surface area contributed by atoms with Crippen LogP contribution in [-0.4, -0.2) is 9.67 Å². The monoisotopic (exact) mass is 648 g/mol. The summed E-state index contributed by atoms with van der Waals surface area (Å²) in [6, 6.07) is 20.7. The lowest BCUT2D eigenvalue weighted by Crippen LogP contribution is -2.36. The minimum atomic E-state index is -0.327. The van der Waals surface area contributed by atoms with Gasteiger partial charge in [-0.05, 0) is 70.1 Å². The number of benzene rings is 3. The molecule has 4 aromatic rings. The van der Waals surface area contributed by atoms with E-state index in [1.165, 1.54) is 11.3 Å². The van der Waals surface area contributed by atoms with Crippen molar-refractivity contribution in [2.45, 2.75) is 6.04 Å². The van der Waals surface area contributed by atoms with Gasteiger partial charge in [-0.15, -0.1) is 0 Å². The molecule has 0 saturated heterocycles. The fourth-order valence-electron chi connectivity index (χ4n) is 3.69. The number of aromatic nitrogens is 1. The Kier molecular flexibility index (Phi) is 6.30. The van der Waals surface area contributed by atoms with Crippen LogP contribution in [0.15, 0.2) is 87.1 Å². The largest absolute Gasteiger partial charge is 0.506 e. The summed E-state index contributed by atoms with van der Waals surface area (Å²) >= 11 is 12.9. The van der Waals surface area contributed by atoms with Crippen LogP contribution in [0.25, 0.3) is 11.8 Å². The van der Waals surface area contributed by atoms with E-state index in [-0.39, 0.29) is 17.4 Å². The first kappa shape index (κ1) is 22.6. The zero-order valence-electron chi connectivity index (χ0n) is 16.9. The molecule has 2 heterocycles. The SMILES string of the molecule is O=c1c(=Cc2cc(Br)cc(I)c2O)sc2n1C(c1ccc(Cl)cc1)C=C(c1ccccc1)N=2. The number of allylic oxidation sites excluding steroid dienone is 1. The van der Waals surface area contributed by atoms with Crippen molar-refractivity contribution in [2.24, 2.45) is 4.99 Å². The summed E-state index contributed by atoms with van der Waals surface area (Å²) in [5, 5.41) is 11.2. The van der Waals surface area contributed by atoms with Gasteiger partial charge in [-0.25, -0.2) is 4.99 Å².